The first-order valence-electron chi connectivity index (χ1n) is 19.2. The molecule has 0 aliphatic rings. The van der Waals surface area contributed by atoms with Gasteiger partial charge in [-0.2, -0.15) is 8.42 Å². The van der Waals surface area contributed by atoms with E-state index in [1.54, 1.807) is 0 Å². The molecule has 9 rings (SSSR count). The van der Waals surface area contributed by atoms with Gasteiger partial charge in [-0.1, -0.05) is 41.4 Å². The van der Waals surface area contributed by atoms with E-state index in [2.05, 4.69) is 19.6 Å². The van der Waals surface area contributed by atoms with Gasteiger partial charge in [0.15, 0.2) is 5.75 Å². The van der Waals surface area contributed by atoms with Crippen LogP contribution >= 0.6 is 12.0 Å². The predicted octanol–water partition coefficient (Wildman–Crippen LogP) is 8.69. The summed E-state index contributed by atoms with van der Waals surface area (Å²) >= 11 is 0.426. The summed E-state index contributed by atoms with van der Waals surface area (Å²) in [4.78, 5) is 54.9. The van der Waals surface area contributed by atoms with Crippen LogP contribution in [-0.2, 0) is 26.0 Å². The summed E-state index contributed by atoms with van der Waals surface area (Å²) in [5.41, 5.74) is 0.770. The van der Waals surface area contributed by atoms with E-state index in [1.165, 1.54) is 48.5 Å². The van der Waals surface area contributed by atoms with Gasteiger partial charge in [0.1, 0.15) is 28.3 Å². The van der Waals surface area contributed by atoms with E-state index in [0.717, 1.165) is 57.5 Å². The highest BCUT2D eigenvalue weighted by Crippen LogP contribution is 2.42. The molecule has 0 saturated heterocycles. The number of aryl methyl sites for hydroxylation is 1. The van der Waals surface area contributed by atoms with Gasteiger partial charge in [-0.25, -0.2) is 19.8 Å². The minimum Gasteiger partial charge on any atom is -0.422 e. The molecule has 0 aliphatic carbocycles. The maximum atomic E-state index is 14.0. The molecule has 21 nitrogen and oxygen atoms in total. The zero-order valence-corrected chi connectivity index (χ0v) is 35.1. The molecule has 7 aromatic carbocycles. The fourth-order valence-corrected chi connectivity index (χ4v) is 8.50. The number of hydrogen-bond acceptors (Lipinski definition) is 17. The van der Waals surface area contributed by atoms with Gasteiger partial charge in [-0.3, -0.25) is 24.8 Å². The highest BCUT2D eigenvalue weighted by atomic mass is 32.2. The molecule has 2 heterocycles. The number of esters is 2. The Bertz CT molecular complexity index is 3600. The van der Waals surface area contributed by atoms with Gasteiger partial charge in [0.25, 0.3) is 21.5 Å². The van der Waals surface area contributed by atoms with Crippen LogP contribution in [0.25, 0.3) is 60.7 Å². The Labute approximate surface area is 373 Å². The molecule has 0 unspecified atom stereocenters. The Morgan fingerprint density at radius 2 is 1.38 bits per heavy atom. The predicted molar refractivity (Wildman–Crippen MR) is 235 cm³/mol. The van der Waals surface area contributed by atoms with Crippen molar-refractivity contribution in [2.24, 2.45) is 0 Å². The molecule has 23 heteroatoms. The molecular formula is C43H27N7O14S2. The molecule has 0 amide bonds. The molecule has 9 aromatic rings. The Morgan fingerprint density at radius 1 is 0.742 bits per heavy atom. The first-order chi connectivity index (χ1) is 31.7. The number of carbonyl (C=O) groups excluding carboxylic acids is 2. The largest absolute Gasteiger partial charge is 0.422 e. The Kier molecular flexibility index (Phi) is 11.1. The van der Waals surface area contributed by atoms with Crippen molar-refractivity contribution in [1.29, 1.82) is 0 Å². The van der Waals surface area contributed by atoms with Crippen LogP contribution in [0.5, 0.6) is 11.5 Å². The van der Waals surface area contributed by atoms with Crippen LogP contribution in [0.3, 0.4) is 0 Å². The van der Waals surface area contributed by atoms with Crippen LogP contribution in [0.2, 0.25) is 0 Å². The summed E-state index contributed by atoms with van der Waals surface area (Å²) in [5, 5.41) is 46.8. The van der Waals surface area contributed by atoms with Gasteiger partial charge in [-0.15, -0.1) is 19.3 Å². The number of carbonyl (C=O) groups is 2. The number of nitro benzene ring substituents is 2. The number of rotatable bonds is 13. The fourth-order valence-electron chi connectivity index (χ4n) is 7.34. The molecule has 66 heavy (non-hydrogen) atoms. The first-order valence-corrected chi connectivity index (χ1v) is 21.4. The minimum atomic E-state index is -4.83. The highest BCUT2D eigenvalue weighted by molar-refractivity contribution is 7.94. The number of benzene rings is 7. The monoisotopic (exact) mass is 929 g/mol. The molecule has 0 spiro atoms. The number of nitro groups is 2. The number of ether oxygens (including phenoxy) is 2. The Hall–Kier alpha value is -8.19. The summed E-state index contributed by atoms with van der Waals surface area (Å²) in [7, 11) is -4.83. The second-order valence-corrected chi connectivity index (χ2v) is 16.3. The molecule has 0 radical (unpaired) electrons. The second-order valence-electron chi connectivity index (χ2n) is 14.2. The lowest BCUT2D eigenvalue weighted by Gasteiger charge is -2.17. The molecule has 0 fully saturated rings. The lowest BCUT2D eigenvalue weighted by Crippen LogP contribution is -2.14. The first kappa shape index (κ1) is 43.1. The van der Waals surface area contributed by atoms with Crippen LogP contribution in [0, 0.1) is 20.2 Å². The normalized spacial score (nSPS) is 11.7. The molecule has 330 valence electrons. The van der Waals surface area contributed by atoms with Gasteiger partial charge >= 0.3 is 11.9 Å². The van der Waals surface area contributed by atoms with E-state index in [-0.39, 0.29) is 72.4 Å². The van der Waals surface area contributed by atoms with Crippen LogP contribution in [0.15, 0.2) is 131 Å². The third kappa shape index (κ3) is 8.00. The lowest BCUT2D eigenvalue weighted by molar-refractivity contribution is -0.432. The van der Waals surface area contributed by atoms with Crippen LogP contribution in [0.4, 0.5) is 11.4 Å². The number of fused-ring (bicyclic) bond motifs is 6. The minimum absolute atomic E-state index is 0.0468. The van der Waals surface area contributed by atoms with Gasteiger partial charge in [0, 0.05) is 57.9 Å². The van der Waals surface area contributed by atoms with Gasteiger partial charge in [0.2, 0.25) is 0 Å². The number of non-ortho nitro benzene ring substituents is 2. The van der Waals surface area contributed by atoms with E-state index in [9.17, 15) is 42.8 Å². The SMILES string of the molecule is CCn1c(-c2cc(OC(=O)c3ccc([N+](=O)[O-])cc3)c(-n3nc4ccc5c(SOOO)cc(S(=O)(=O)O)cc5c4n3)cc2OC(=O)c2ccc([N+](=O)[O-])cc2)nc2ccc3ccccc3c21. The van der Waals surface area contributed by atoms with Gasteiger partial charge in [0.05, 0.1) is 54.5 Å². The summed E-state index contributed by atoms with van der Waals surface area (Å²) in [6, 6.07) is 28.6. The van der Waals surface area contributed by atoms with E-state index >= 15 is 0 Å². The van der Waals surface area contributed by atoms with E-state index in [1.807, 2.05) is 47.9 Å². The van der Waals surface area contributed by atoms with Crippen LogP contribution in [-0.4, -0.2) is 64.6 Å². The van der Waals surface area contributed by atoms with E-state index in [4.69, 9.17) is 19.7 Å². The maximum absolute atomic E-state index is 14.0. The molecule has 0 aliphatic heterocycles. The maximum Gasteiger partial charge on any atom is 0.343 e. The molecular weight excluding hydrogens is 903 g/mol. The Balaban J connectivity index is 1.30. The lowest BCUT2D eigenvalue weighted by atomic mass is 10.1. The molecule has 2 aromatic heterocycles. The summed E-state index contributed by atoms with van der Waals surface area (Å²) < 4.78 is 53.4. The number of aromatic nitrogens is 5. The third-order valence-electron chi connectivity index (χ3n) is 10.4. The van der Waals surface area contributed by atoms with Crippen molar-refractivity contribution in [3.63, 3.8) is 0 Å². The van der Waals surface area contributed by atoms with Crippen molar-refractivity contribution in [2.45, 2.75) is 23.3 Å². The average molecular weight is 930 g/mol. The molecule has 0 atom stereocenters. The number of imidazole rings is 1. The summed E-state index contributed by atoms with van der Waals surface area (Å²) in [6.45, 7) is 2.22. The zero-order valence-electron chi connectivity index (χ0n) is 33.5. The smallest absolute Gasteiger partial charge is 0.343 e. The Morgan fingerprint density at radius 3 is 2.00 bits per heavy atom. The summed E-state index contributed by atoms with van der Waals surface area (Å²) in [5.74, 6) is -2.07. The van der Waals surface area contributed by atoms with Crippen LogP contribution < -0.4 is 9.47 Å². The fraction of sp³-hybridized carbons (Fsp3) is 0.0465. The van der Waals surface area contributed by atoms with E-state index < -0.39 is 36.8 Å². The van der Waals surface area contributed by atoms with Gasteiger partial charge < -0.3 is 14.0 Å². The highest BCUT2D eigenvalue weighted by Gasteiger charge is 2.27. The topological polar surface area (TPSA) is 280 Å². The van der Waals surface area contributed by atoms with Crippen molar-refractivity contribution < 1.29 is 56.5 Å². The molecule has 0 bridgehead atoms. The molecule has 0 saturated carbocycles. The van der Waals surface area contributed by atoms with Gasteiger partial charge in [-0.05, 0) is 66.9 Å². The average Bonchev–Trinajstić information content (AvgIpc) is 3.93. The van der Waals surface area contributed by atoms with Crippen molar-refractivity contribution >= 4 is 89.1 Å². The standard InChI is InChI=1S/C43H27N7O14S2/c1-2-47-40-29-6-4-3-5-23(29)11-17-34(40)44-41(47)32-21-37(62-43(52)25-9-14-27(15-10-25)50(55)56)35(22-36(32)61-42(51)24-7-12-26(13-8-24)49(53)54)48-45-33-18-16-30-31(39(33)46-48)19-28(66(58,59)60)20-38(30)65-64-63-57/h3-22,57H,2H2,1H3,(H,58,59,60). The van der Waals surface area contributed by atoms with Crippen molar-refractivity contribution in [1.82, 2.24) is 24.5 Å². The quantitative estimate of drug-likeness (QED) is 0.0208. The number of hydrogen-bond donors (Lipinski definition) is 2. The zero-order chi connectivity index (χ0) is 46.4. The van der Waals surface area contributed by atoms with Crippen molar-refractivity contribution in [2.75, 3.05) is 0 Å². The van der Waals surface area contributed by atoms with Crippen LogP contribution in [0.1, 0.15) is 27.6 Å². The van der Waals surface area contributed by atoms with Crippen molar-refractivity contribution in [3.8, 4) is 28.6 Å². The number of nitrogens with zero attached hydrogens (tertiary/aromatic N) is 7. The van der Waals surface area contributed by atoms with E-state index in [0.29, 0.717) is 29.5 Å². The second kappa shape index (κ2) is 17.1. The molecule has 2 N–H and O–H groups in total. The third-order valence-corrected chi connectivity index (χ3v) is 11.8. The summed E-state index contributed by atoms with van der Waals surface area (Å²) in [6.07, 6.45) is 0. The van der Waals surface area contributed by atoms with Crippen molar-refractivity contribution in [3.05, 3.63) is 153 Å².